The van der Waals surface area contributed by atoms with Crippen molar-refractivity contribution < 1.29 is 9.18 Å². The maximum atomic E-state index is 13.4. The predicted molar refractivity (Wildman–Crippen MR) is 52.6 cm³/mol. The van der Waals surface area contributed by atoms with Crippen molar-refractivity contribution in [1.82, 2.24) is 0 Å². The number of rotatable bonds is 1. The molecule has 0 heterocycles. The second kappa shape index (κ2) is 3.52. The minimum atomic E-state index is -0.159. The number of fused-ring (bicyclic) bond motifs is 1. The third kappa shape index (κ3) is 1.57. The molecule has 0 saturated heterocycles. The number of Topliss-reactive ketones (excluding diaryl/α,β-unsaturated/α-hetero) is 1. The smallest absolute Gasteiger partial charge is 0.133 e. The predicted octanol–water partition coefficient (Wildman–Crippen LogP) is 2.52. The molecule has 0 radical (unpaired) electrons. The van der Waals surface area contributed by atoms with E-state index in [1.807, 2.05) is 6.07 Å². The molecule has 0 N–H and O–H groups in total. The lowest BCUT2D eigenvalue weighted by Crippen LogP contribution is -2.21. The number of ketones is 1. The van der Waals surface area contributed by atoms with Gasteiger partial charge in [-0.25, -0.2) is 4.39 Å². The summed E-state index contributed by atoms with van der Waals surface area (Å²) in [7, 11) is 0. The van der Waals surface area contributed by atoms with Crippen LogP contribution in [-0.2, 0) is 17.6 Å². The number of halogens is 1. The first-order valence-corrected chi connectivity index (χ1v) is 4.95. The molecule has 74 valence electrons. The first kappa shape index (κ1) is 9.38. The van der Waals surface area contributed by atoms with Crippen LogP contribution in [0.2, 0.25) is 0 Å². The lowest BCUT2D eigenvalue weighted by atomic mass is 9.82. The summed E-state index contributed by atoms with van der Waals surface area (Å²) in [5.41, 5.74) is 1.82. The summed E-state index contributed by atoms with van der Waals surface area (Å²) < 4.78 is 13.4. The van der Waals surface area contributed by atoms with Crippen LogP contribution < -0.4 is 0 Å². The molecule has 0 aromatic heterocycles. The molecule has 0 bridgehead atoms. The molecule has 1 aliphatic carbocycles. The average molecular weight is 192 g/mol. The number of carbonyl (C=O) groups excluding carboxylic acids is 1. The van der Waals surface area contributed by atoms with E-state index in [0.717, 1.165) is 24.0 Å². The molecule has 0 aliphatic heterocycles. The van der Waals surface area contributed by atoms with Crippen molar-refractivity contribution in [3.63, 3.8) is 0 Å². The van der Waals surface area contributed by atoms with Crippen LogP contribution in [0.15, 0.2) is 18.2 Å². The van der Waals surface area contributed by atoms with Crippen molar-refractivity contribution >= 4 is 5.78 Å². The van der Waals surface area contributed by atoms with E-state index in [9.17, 15) is 9.18 Å². The van der Waals surface area contributed by atoms with Crippen LogP contribution in [0.4, 0.5) is 4.39 Å². The third-order valence-corrected chi connectivity index (χ3v) is 3.00. The van der Waals surface area contributed by atoms with Gasteiger partial charge in [0, 0.05) is 5.92 Å². The van der Waals surface area contributed by atoms with E-state index < -0.39 is 0 Å². The Morgan fingerprint density at radius 1 is 1.50 bits per heavy atom. The average Bonchev–Trinajstić information content (AvgIpc) is 2.18. The summed E-state index contributed by atoms with van der Waals surface area (Å²) in [6.45, 7) is 1.59. The highest BCUT2D eigenvalue weighted by Gasteiger charge is 2.23. The highest BCUT2D eigenvalue weighted by Crippen LogP contribution is 2.27. The van der Waals surface area contributed by atoms with E-state index in [-0.39, 0.29) is 17.5 Å². The number of hydrogen-bond acceptors (Lipinski definition) is 1. The number of hydrogen-bond donors (Lipinski definition) is 0. The standard InChI is InChI=1S/C12H13FO/c1-8(14)10-6-5-9-3-2-4-12(13)11(9)7-10/h2-4,10H,5-7H2,1H3. The molecule has 1 aromatic carbocycles. The Morgan fingerprint density at radius 3 is 3.00 bits per heavy atom. The molecule has 14 heavy (non-hydrogen) atoms. The van der Waals surface area contributed by atoms with Crippen LogP contribution in [0.25, 0.3) is 0 Å². The van der Waals surface area contributed by atoms with Crippen molar-refractivity contribution in [2.45, 2.75) is 26.2 Å². The van der Waals surface area contributed by atoms with Gasteiger partial charge in [-0.2, -0.15) is 0 Å². The monoisotopic (exact) mass is 192 g/mol. The summed E-state index contributed by atoms with van der Waals surface area (Å²) in [5.74, 6) is 0.0479. The van der Waals surface area contributed by atoms with Gasteiger partial charge in [0.2, 0.25) is 0 Å². The van der Waals surface area contributed by atoms with Gasteiger partial charge in [0.15, 0.2) is 0 Å². The van der Waals surface area contributed by atoms with Gasteiger partial charge in [0.25, 0.3) is 0 Å². The molecule has 2 heteroatoms. The first-order valence-electron chi connectivity index (χ1n) is 4.95. The van der Waals surface area contributed by atoms with Gasteiger partial charge in [-0.3, -0.25) is 4.79 Å². The van der Waals surface area contributed by atoms with E-state index in [1.165, 1.54) is 6.07 Å². The van der Waals surface area contributed by atoms with Gasteiger partial charge >= 0.3 is 0 Å². The normalized spacial score (nSPS) is 20.3. The maximum absolute atomic E-state index is 13.4. The van der Waals surface area contributed by atoms with Gasteiger partial charge in [0.05, 0.1) is 0 Å². The quantitative estimate of drug-likeness (QED) is 0.668. The summed E-state index contributed by atoms with van der Waals surface area (Å²) in [4.78, 5) is 11.2. The zero-order valence-electron chi connectivity index (χ0n) is 8.22. The van der Waals surface area contributed by atoms with E-state index in [0.29, 0.717) is 6.42 Å². The Morgan fingerprint density at radius 2 is 2.29 bits per heavy atom. The van der Waals surface area contributed by atoms with Gasteiger partial charge in [-0.1, -0.05) is 12.1 Å². The van der Waals surface area contributed by atoms with Crippen molar-refractivity contribution in [2.24, 2.45) is 5.92 Å². The molecule has 2 rings (SSSR count). The molecule has 0 amide bonds. The summed E-state index contributed by atoms with van der Waals surface area (Å²) >= 11 is 0. The zero-order chi connectivity index (χ0) is 10.1. The number of benzene rings is 1. The molecular weight excluding hydrogens is 179 g/mol. The van der Waals surface area contributed by atoms with Crippen molar-refractivity contribution in [3.8, 4) is 0 Å². The lowest BCUT2D eigenvalue weighted by Gasteiger charge is -2.22. The van der Waals surface area contributed by atoms with Crippen LogP contribution in [0, 0.1) is 11.7 Å². The van der Waals surface area contributed by atoms with Crippen molar-refractivity contribution in [2.75, 3.05) is 0 Å². The van der Waals surface area contributed by atoms with Crippen LogP contribution >= 0.6 is 0 Å². The number of carbonyl (C=O) groups is 1. The fraction of sp³-hybridized carbons (Fsp3) is 0.417. The van der Waals surface area contributed by atoms with Gasteiger partial charge in [-0.05, 0) is 43.4 Å². The van der Waals surface area contributed by atoms with E-state index in [4.69, 9.17) is 0 Å². The molecule has 1 aliphatic rings. The van der Waals surface area contributed by atoms with E-state index in [2.05, 4.69) is 0 Å². The Kier molecular flexibility index (Phi) is 2.36. The summed E-state index contributed by atoms with van der Waals surface area (Å²) in [5, 5.41) is 0. The first-order chi connectivity index (χ1) is 6.68. The Bertz CT molecular complexity index is 371. The van der Waals surface area contributed by atoms with Gasteiger partial charge in [0.1, 0.15) is 11.6 Å². The fourth-order valence-electron chi connectivity index (χ4n) is 2.09. The molecule has 1 unspecified atom stereocenters. The second-order valence-corrected chi connectivity index (χ2v) is 3.93. The summed E-state index contributed by atoms with van der Waals surface area (Å²) in [6.07, 6.45) is 2.28. The topological polar surface area (TPSA) is 17.1 Å². The molecule has 0 fully saturated rings. The van der Waals surface area contributed by atoms with Crippen LogP contribution in [0.3, 0.4) is 0 Å². The lowest BCUT2D eigenvalue weighted by molar-refractivity contribution is -0.121. The second-order valence-electron chi connectivity index (χ2n) is 3.93. The molecular formula is C12H13FO. The van der Waals surface area contributed by atoms with Crippen LogP contribution in [-0.4, -0.2) is 5.78 Å². The molecule has 1 nitrogen and oxygen atoms in total. The van der Waals surface area contributed by atoms with E-state index >= 15 is 0 Å². The van der Waals surface area contributed by atoms with Crippen LogP contribution in [0.1, 0.15) is 24.5 Å². The fourth-order valence-corrected chi connectivity index (χ4v) is 2.09. The highest BCUT2D eigenvalue weighted by molar-refractivity contribution is 5.79. The molecule has 0 saturated carbocycles. The number of aryl methyl sites for hydroxylation is 1. The Labute approximate surface area is 82.9 Å². The van der Waals surface area contributed by atoms with Gasteiger partial charge in [-0.15, -0.1) is 0 Å². The van der Waals surface area contributed by atoms with Crippen LogP contribution in [0.5, 0.6) is 0 Å². The minimum absolute atomic E-state index is 0.0272. The van der Waals surface area contributed by atoms with Crippen molar-refractivity contribution in [1.29, 1.82) is 0 Å². The molecule has 1 atom stereocenters. The Hall–Kier alpha value is -1.18. The van der Waals surface area contributed by atoms with Gasteiger partial charge < -0.3 is 0 Å². The largest absolute Gasteiger partial charge is 0.300 e. The van der Waals surface area contributed by atoms with Crippen molar-refractivity contribution in [3.05, 3.63) is 35.1 Å². The minimum Gasteiger partial charge on any atom is -0.300 e. The molecule has 1 aromatic rings. The van der Waals surface area contributed by atoms with E-state index in [1.54, 1.807) is 13.0 Å². The Balaban J connectivity index is 2.33. The third-order valence-electron chi connectivity index (χ3n) is 3.00. The zero-order valence-corrected chi connectivity index (χ0v) is 8.22. The summed E-state index contributed by atoms with van der Waals surface area (Å²) in [6, 6.07) is 5.17. The SMILES string of the molecule is CC(=O)C1CCc2cccc(F)c2C1. The molecule has 0 spiro atoms. The highest BCUT2D eigenvalue weighted by atomic mass is 19.1. The maximum Gasteiger partial charge on any atom is 0.133 e.